The van der Waals surface area contributed by atoms with Crippen LogP contribution < -0.4 is 4.72 Å². The molecule has 4 unspecified atom stereocenters. The molecule has 0 amide bonds. The Morgan fingerprint density at radius 2 is 1.97 bits per heavy atom. The van der Waals surface area contributed by atoms with Crippen LogP contribution in [-0.4, -0.2) is 30.8 Å². The van der Waals surface area contributed by atoms with E-state index < -0.39 is 33.3 Å². The van der Waals surface area contributed by atoms with Crippen molar-refractivity contribution < 1.29 is 23.1 Å². The van der Waals surface area contributed by atoms with Gasteiger partial charge in [0.1, 0.15) is 5.76 Å². The highest BCUT2D eigenvalue weighted by molar-refractivity contribution is 7.93. The standard InChI is InChI=1S/C24H31NO5S/c1-15(2)31(28,29)25-18-9-7-8-17(14-18)21(16-12-13-16)22-23(26)19-10-5-3-4-6-11-20(19)30-24(22)27/h4,6-9,11,14-16,19,21-23,25-26H,3,5,10,12-13H2,1-2H3. The summed E-state index contributed by atoms with van der Waals surface area (Å²) in [7, 11) is -3.47. The molecule has 0 bridgehead atoms. The van der Waals surface area contributed by atoms with Crippen molar-refractivity contribution in [2.45, 2.75) is 63.2 Å². The molecule has 2 fully saturated rings. The number of sulfonamides is 1. The van der Waals surface area contributed by atoms with Crippen LogP contribution in [0.15, 0.2) is 48.3 Å². The van der Waals surface area contributed by atoms with Crippen LogP contribution in [0.25, 0.3) is 0 Å². The molecular formula is C24H31NO5S. The number of benzene rings is 1. The van der Waals surface area contributed by atoms with Gasteiger partial charge >= 0.3 is 5.97 Å². The smallest absolute Gasteiger partial charge is 0.317 e. The van der Waals surface area contributed by atoms with Crippen molar-refractivity contribution in [3.8, 4) is 0 Å². The highest BCUT2D eigenvalue weighted by Gasteiger charge is 2.50. The van der Waals surface area contributed by atoms with Crippen LogP contribution in [0.2, 0.25) is 0 Å². The Labute approximate surface area is 184 Å². The minimum absolute atomic E-state index is 0.198. The maximum absolute atomic E-state index is 13.0. The maximum Gasteiger partial charge on any atom is 0.317 e. The van der Waals surface area contributed by atoms with Crippen LogP contribution in [0.5, 0.6) is 0 Å². The number of fused-ring (bicyclic) bond motifs is 1. The summed E-state index contributed by atoms with van der Waals surface area (Å²) in [6, 6.07) is 7.23. The summed E-state index contributed by atoms with van der Waals surface area (Å²) in [5.41, 5.74) is 1.35. The van der Waals surface area contributed by atoms with Gasteiger partial charge in [-0.15, -0.1) is 0 Å². The van der Waals surface area contributed by atoms with Gasteiger partial charge in [0.05, 0.1) is 17.3 Å². The first-order valence-corrected chi connectivity index (χ1v) is 12.7. The van der Waals surface area contributed by atoms with E-state index in [0.29, 0.717) is 11.4 Å². The SMILES string of the molecule is CC(C)S(=O)(=O)Nc1cccc(C(C2CC2)C2C(=O)OC3=CC=CCCCC3C2O)c1. The van der Waals surface area contributed by atoms with Gasteiger partial charge in [0.25, 0.3) is 0 Å². The molecule has 4 rings (SSSR count). The number of allylic oxidation sites excluding steroid dienone is 3. The summed E-state index contributed by atoms with van der Waals surface area (Å²) in [5, 5.41) is 10.8. The van der Waals surface area contributed by atoms with Crippen LogP contribution in [0.1, 0.15) is 57.4 Å². The van der Waals surface area contributed by atoms with E-state index in [1.165, 1.54) is 0 Å². The number of anilines is 1. The van der Waals surface area contributed by atoms with Crippen molar-refractivity contribution in [3.05, 3.63) is 53.8 Å². The van der Waals surface area contributed by atoms with Crippen molar-refractivity contribution in [2.75, 3.05) is 4.72 Å². The molecule has 2 aliphatic carbocycles. The molecule has 1 saturated heterocycles. The number of carbonyl (C=O) groups excluding carboxylic acids is 1. The van der Waals surface area contributed by atoms with Crippen molar-refractivity contribution >= 4 is 21.7 Å². The van der Waals surface area contributed by atoms with Gasteiger partial charge in [-0.1, -0.05) is 24.3 Å². The number of aliphatic hydroxyl groups is 1. The number of rotatable bonds is 6. The van der Waals surface area contributed by atoms with Gasteiger partial charge in [0.2, 0.25) is 10.0 Å². The summed E-state index contributed by atoms with van der Waals surface area (Å²) >= 11 is 0. The van der Waals surface area contributed by atoms with Crippen molar-refractivity contribution in [1.82, 2.24) is 0 Å². The third-order valence-corrected chi connectivity index (χ3v) is 8.35. The van der Waals surface area contributed by atoms with E-state index in [1.807, 2.05) is 18.2 Å². The van der Waals surface area contributed by atoms with Crippen molar-refractivity contribution in [3.63, 3.8) is 0 Å². The van der Waals surface area contributed by atoms with E-state index in [4.69, 9.17) is 4.74 Å². The minimum Gasteiger partial charge on any atom is -0.430 e. The van der Waals surface area contributed by atoms with Crippen molar-refractivity contribution in [1.29, 1.82) is 0 Å². The second kappa shape index (κ2) is 8.79. The number of aliphatic hydroxyl groups excluding tert-OH is 1. The van der Waals surface area contributed by atoms with E-state index in [2.05, 4.69) is 4.72 Å². The molecule has 1 saturated carbocycles. The largest absolute Gasteiger partial charge is 0.430 e. The fourth-order valence-corrected chi connectivity index (χ4v) is 5.37. The molecule has 0 radical (unpaired) electrons. The van der Waals surface area contributed by atoms with E-state index in [9.17, 15) is 18.3 Å². The van der Waals surface area contributed by atoms with Gasteiger partial charge in [0.15, 0.2) is 0 Å². The molecule has 1 aromatic rings. The molecule has 0 aromatic heterocycles. The Kier molecular flexibility index (Phi) is 6.26. The lowest BCUT2D eigenvalue weighted by Gasteiger charge is -2.39. The fourth-order valence-electron chi connectivity index (χ4n) is 4.68. The molecule has 3 aliphatic rings. The zero-order valence-electron chi connectivity index (χ0n) is 18.0. The zero-order valence-corrected chi connectivity index (χ0v) is 18.8. The highest BCUT2D eigenvalue weighted by Crippen LogP contribution is 2.51. The quantitative estimate of drug-likeness (QED) is 0.643. The Balaban J connectivity index is 1.65. The molecular weight excluding hydrogens is 414 g/mol. The molecule has 4 atom stereocenters. The summed E-state index contributed by atoms with van der Waals surface area (Å²) in [6.45, 7) is 3.26. The zero-order chi connectivity index (χ0) is 22.2. The minimum atomic E-state index is -3.47. The highest BCUT2D eigenvalue weighted by atomic mass is 32.2. The molecule has 31 heavy (non-hydrogen) atoms. The Morgan fingerprint density at radius 1 is 1.19 bits per heavy atom. The third kappa shape index (κ3) is 4.72. The van der Waals surface area contributed by atoms with E-state index in [1.54, 1.807) is 38.1 Å². The van der Waals surface area contributed by atoms with Crippen LogP contribution in [0.4, 0.5) is 5.69 Å². The first kappa shape index (κ1) is 22.1. The number of esters is 1. The molecule has 1 aliphatic heterocycles. The lowest BCUT2D eigenvalue weighted by atomic mass is 9.72. The van der Waals surface area contributed by atoms with Crippen LogP contribution >= 0.6 is 0 Å². The Bertz CT molecular complexity index is 993. The number of hydrogen-bond acceptors (Lipinski definition) is 5. The molecule has 0 spiro atoms. The average molecular weight is 446 g/mol. The molecule has 6 nitrogen and oxygen atoms in total. The molecule has 7 heteroatoms. The van der Waals surface area contributed by atoms with Crippen LogP contribution in [0, 0.1) is 17.8 Å². The predicted octanol–water partition coefficient (Wildman–Crippen LogP) is 4.10. The lowest BCUT2D eigenvalue weighted by molar-refractivity contribution is -0.160. The predicted molar refractivity (Wildman–Crippen MR) is 120 cm³/mol. The normalized spacial score (nSPS) is 27.5. The van der Waals surface area contributed by atoms with Gasteiger partial charge in [-0.05, 0) is 75.6 Å². The maximum atomic E-state index is 13.0. The first-order chi connectivity index (χ1) is 14.8. The van der Waals surface area contributed by atoms with E-state index in [-0.39, 0.29) is 17.8 Å². The van der Waals surface area contributed by atoms with Crippen molar-refractivity contribution in [2.24, 2.45) is 17.8 Å². The van der Waals surface area contributed by atoms with Gasteiger partial charge in [-0.3, -0.25) is 9.52 Å². The first-order valence-electron chi connectivity index (χ1n) is 11.2. The monoisotopic (exact) mass is 445 g/mol. The lowest BCUT2D eigenvalue weighted by Crippen LogP contribution is -2.45. The number of ether oxygens (including phenoxy) is 1. The fraction of sp³-hybridized carbons (Fsp3) is 0.542. The van der Waals surface area contributed by atoms with Gasteiger partial charge in [-0.2, -0.15) is 0 Å². The summed E-state index contributed by atoms with van der Waals surface area (Å²) < 4.78 is 33.0. The van der Waals surface area contributed by atoms with Crippen LogP contribution in [-0.2, 0) is 19.6 Å². The summed E-state index contributed by atoms with van der Waals surface area (Å²) in [4.78, 5) is 13.0. The van der Waals surface area contributed by atoms with Gasteiger partial charge < -0.3 is 9.84 Å². The second-order valence-corrected chi connectivity index (χ2v) is 11.4. The number of nitrogens with one attached hydrogen (secondary N) is 1. The Morgan fingerprint density at radius 3 is 2.68 bits per heavy atom. The molecule has 2 N–H and O–H groups in total. The topological polar surface area (TPSA) is 92.7 Å². The second-order valence-electron chi connectivity index (χ2n) is 9.16. The van der Waals surface area contributed by atoms with Crippen LogP contribution in [0.3, 0.4) is 0 Å². The summed E-state index contributed by atoms with van der Waals surface area (Å²) in [5.74, 6) is -0.616. The summed E-state index contributed by atoms with van der Waals surface area (Å²) in [6.07, 6.45) is 9.53. The van der Waals surface area contributed by atoms with Gasteiger partial charge in [-0.25, -0.2) is 8.42 Å². The van der Waals surface area contributed by atoms with E-state index >= 15 is 0 Å². The number of hydrogen-bond donors (Lipinski definition) is 2. The molecule has 1 aromatic carbocycles. The molecule has 168 valence electrons. The average Bonchev–Trinajstić information content (AvgIpc) is 3.51. The number of carbonyl (C=O) groups is 1. The van der Waals surface area contributed by atoms with Gasteiger partial charge in [0, 0.05) is 17.5 Å². The Hall–Kier alpha value is -2.12. The van der Waals surface area contributed by atoms with E-state index in [0.717, 1.165) is 37.7 Å². The molecule has 1 heterocycles. The third-order valence-electron chi connectivity index (χ3n) is 6.59.